The summed E-state index contributed by atoms with van der Waals surface area (Å²) in [6.45, 7) is 3.48. The van der Waals surface area contributed by atoms with Gasteiger partial charge >= 0.3 is 0 Å². The Balaban J connectivity index is 1.27. The van der Waals surface area contributed by atoms with Gasteiger partial charge in [-0.25, -0.2) is 0 Å². The molecule has 4 aromatic rings. The third-order valence-corrected chi connectivity index (χ3v) is 5.50. The van der Waals surface area contributed by atoms with Gasteiger partial charge in [-0.15, -0.1) is 0 Å². The average molecular weight is 395 g/mol. The molecule has 0 atom stereocenters. The minimum Gasteiger partial charge on any atom is -0.457 e. The first-order chi connectivity index (χ1) is 14.8. The van der Waals surface area contributed by atoms with E-state index in [1.165, 1.54) is 5.39 Å². The quantitative estimate of drug-likeness (QED) is 0.492. The molecule has 6 heteroatoms. The molecular formula is C24H21N5O. The molecule has 2 aromatic carbocycles. The van der Waals surface area contributed by atoms with Gasteiger partial charge in [0.2, 0.25) is 0 Å². The first kappa shape index (κ1) is 17.1. The molecule has 148 valence electrons. The second-order valence-corrected chi connectivity index (χ2v) is 7.58. The van der Waals surface area contributed by atoms with E-state index < -0.39 is 0 Å². The number of aliphatic imine (C=N–C) groups is 2. The highest BCUT2D eigenvalue weighted by atomic mass is 16.3. The second kappa shape index (κ2) is 6.91. The van der Waals surface area contributed by atoms with Gasteiger partial charge in [0.1, 0.15) is 23.0 Å². The lowest BCUT2D eigenvalue weighted by molar-refractivity contribution is 0.604. The number of hydrogen-bond donors (Lipinski definition) is 3. The van der Waals surface area contributed by atoms with Crippen molar-refractivity contribution in [3.63, 3.8) is 0 Å². The van der Waals surface area contributed by atoms with E-state index in [9.17, 15) is 0 Å². The zero-order valence-electron chi connectivity index (χ0n) is 16.4. The van der Waals surface area contributed by atoms with Crippen molar-refractivity contribution in [1.82, 2.24) is 15.6 Å². The number of furan rings is 1. The minimum absolute atomic E-state index is 0.826. The molecule has 4 heterocycles. The topological polar surface area (TPSA) is 77.7 Å². The van der Waals surface area contributed by atoms with E-state index in [1.807, 2.05) is 18.2 Å². The van der Waals surface area contributed by atoms with E-state index in [2.05, 4.69) is 68.1 Å². The molecule has 0 radical (unpaired) electrons. The summed E-state index contributed by atoms with van der Waals surface area (Å²) in [6.07, 6.45) is 4.05. The van der Waals surface area contributed by atoms with E-state index in [4.69, 9.17) is 4.42 Å². The van der Waals surface area contributed by atoms with Gasteiger partial charge in [0.05, 0.1) is 13.1 Å². The molecule has 2 aliphatic rings. The lowest BCUT2D eigenvalue weighted by Crippen LogP contribution is -2.19. The summed E-state index contributed by atoms with van der Waals surface area (Å²) in [5, 5.41) is 8.89. The normalized spacial score (nSPS) is 16.3. The highest BCUT2D eigenvalue weighted by molar-refractivity contribution is 6.03. The monoisotopic (exact) mass is 395 g/mol. The fraction of sp³-hybridized carbons (Fsp3) is 0.167. The Hall–Kier alpha value is -3.80. The van der Waals surface area contributed by atoms with Crippen molar-refractivity contribution in [2.24, 2.45) is 9.98 Å². The number of benzene rings is 2. The van der Waals surface area contributed by atoms with Crippen molar-refractivity contribution in [3.8, 4) is 0 Å². The van der Waals surface area contributed by atoms with Crippen LogP contribution in [-0.4, -0.2) is 42.8 Å². The van der Waals surface area contributed by atoms with Crippen molar-refractivity contribution < 1.29 is 4.42 Å². The molecular weight excluding hydrogens is 374 g/mol. The second-order valence-electron chi connectivity index (χ2n) is 7.58. The van der Waals surface area contributed by atoms with Crippen LogP contribution in [0.5, 0.6) is 0 Å². The fourth-order valence-corrected chi connectivity index (χ4v) is 4.02. The van der Waals surface area contributed by atoms with Gasteiger partial charge in [-0.3, -0.25) is 9.98 Å². The van der Waals surface area contributed by atoms with E-state index in [0.29, 0.717) is 0 Å². The number of aromatic amines is 1. The Bertz CT molecular complexity index is 1250. The lowest BCUT2D eigenvalue weighted by Gasteiger charge is -2.01. The van der Waals surface area contributed by atoms with Crippen LogP contribution in [0.25, 0.3) is 34.0 Å². The molecule has 0 aliphatic carbocycles. The molecule has 2 aliphatic heterocycles. The Morgan fingerprint density at radius 3 is 2.23 bits per heavy atom. The van der Waals surface area contributed by atoms with E-state index in [0.717, 1.165) is 76.9 Å². The summed E-state index contributed by atoms with van der Waals surface area (Å²) in [6, 6.07) is 16.8. The number of aromatic nitrogens is 1. The fourth-order valence-electron chi connectivity index (χ4n) is 4.02. The molecule has 0 unspecified atom stereocenters. The number of fused-ring (bicyclic) bond motifs is 2. The molecule has 0 saturated heterocycles. The van der Waals surface area contributed by atoms with Crippen LogP contribution in [0.4, 0.5) is 0 Å². The SMILES string of the molecule is C(=C/c1cc2ccc(C3=NCCN3)cc2o1)/c1cc2ccc(C3=NCCN3)cc2[nH]1. The smallest absolute Gasteiger partial charge is 0.135 e. The van der Waals surface area contributed by atoms with E-state index in [-0.39, 0.29) is 0 Å². The van der Waals surface area contributed by atoms with Crippen LogP contribution in [0.2, 0.25) is 0 Å². The molecule has 0 fully saturated rings. The molecule has 0 saturated carbocycles. The van der Waals surface area contributed by atoms with Gasteiger partial charge in [0.25, 0.3) is 0 Å². The molecule has 0 amide bonds. The summed E-state index contributed by atoms with van der Waals surface area (Å²) in [7, 11) is 0. The van der Waals surface area contributed by atoms with Gasteiger partial charge in [-0.2, -0.15) is 0 Å². The maximum atomic E-state index is 6.04. The Morgan fingerprint density at radius 2 is 1.50 bits per heavy atom. The highest BCUT2D eigenvalue weighted by Gasteiger charge is 2.11. The lowest BCUT2D eigenvalue weighted by atomic mass is 10.1. The number of H-pyrrole nitrogens is 1. The van der Waals surface area contributed by atoms with Gasteiger partial charge in [-0.05, 0) is 36.4 Å². The molecule has 2 aromatic heterocycles. The van der Waals surface area contributed by atoms with Crippen LogP contribution in [0.1, 0.15) is 22.6 Å². The summed E-state index contributed by atoms with van der Waals surface area (Å²) in [4.78, 5) is 12.5. The predicted octanol–water partition coefficient (Wildman–Crippen LogP) is 3.78. The van der Waals surface area contributed by atoms with Crippen LogP contribution in [0, 0.1) is 0 Å². The molecule has 0 spiro atoms. The van der Waals surface area contributed by atoms with Gasteiger partial charge < -0.3 is 20.0 Å². The first-order valence-corrected chi connectivity index (χ1v) is 10.2. The number of amidine groups is 2. The molecule has 3 N–H and O–H groups in total. The van der Waals surface area contributed by atoms with Crippen LogP contribution >= 0.6 is 0 Å². The third kappa shape index (κ3) is 3.06. The van der Waals surface area contributed by atoms with Crippen LogP contribution < -0.4 is 10.6 Å². The number of nitrogens with one attached hydrogen (secondary N) is 3. The summed E-state index contributed by atoms with van der Waals surface area (Å²) >= 11 is 0. The molecule has 6 nitrogen and oxygen atoms in total. The van der Waals surface area contributed by atoms with E-state index in [1.54, 1.807) is 0 Å². The summed E-state index contributed by atoms with van der Waals surface area (Å²) < 4.78 is 6.04. The van der Waals surface area contributed by atoms with Gasteiger partial charge in [0, 0.05) is 46.2 Å². The summed E-state index contributed by atoms with van der Waals surface area (Å²) in [5.41, 5.74) is 5.19. The van der Waals surface area contributed by atoms with Crippen LogP contribution in [0.15, 0.2) is 62.9 Å². The molecule has 0 bridgehead atoms. The van der Waals surface area contributed by atoms with Gasteiger partial charge in [-0.1, -0.05) is 24.3 Å². The Morgan fingerprint density at radius 1 is 0.767 bits per heavy atom. The maximum absolute atomic E-state index is 6.04. The molecule has 30 heavy (non-hydrogen) atoms. The van der Waals surface area contributed by atoms with E-state index >= 15 is 0 Å². The standard InChI is InChI=1S/C24H21N5O/c1-3-17(23-25-7-8-26-23)13-21-15(1)11-19(29-21)5-6-20-12-16-2-4-18(14-22(16)30-20)24-27-9-10-28-24/h1-6,11-14,29H,7-10H2,(H,25,26)(H,27,28)/b6-5-. The van der Waals surface area contributed by atoms with Gasteiger partial charge in [0.15, 0.2) is 0 Å². The predicted molar refractivity (Wildman–Crippen MR) is 122 cm³/mol. The van der Waals surface area contributed by atoms with Crippen LogP contribution in [0.3, 0.4) is 0 Å². The zero-order chi connectivity index (χ0) is 19.9. The number of nitrogens with zero attached hydrogens (tertiary/aromatic N) is 2. The first-order valence-electron chi connectivity index (χ1n) is 10.2. The van der Waals surface area contributed by atoms with Crippen molar-refractivity contribution >= 4 is 45.7 Å². The maximum Gasteiger partial charge on any atom is 0.135 e. The largest absolute Gasteiger partial charge is 0.457 e. The van der Waals surface area contributed by atoms with Crippen molar-refractivity contribution in [1.29, 1.82) is 0 Å². The molecule has 6 rings (SSSR count). The number of hydrogen-bond acceptors (Lipinski definition) is 5. The average Bonchev–Trinajstić information content (AvgIpc) is 3.56. The Kier molecular flexibility index (Phi) is 3.94. The zero-order valence-corrected chi connectivity index (χ0v) is 16.4. The van der Waals surface area contributed by atoms with Crippen molar-refractivity contribution in [3.05, 3.63) is 71.1 Å². The van der Waals surface area contributed by atoms with Crippen molar-refractivity contribution in [2.45, 2.75) is 0 Å². The van der Waals surface area contributed by atoms with Crippen LogP contribution in [-0.2, 0) is 0 Å². The number of rotatable bonds is 4. The van der Waals surface area contributed by atoms with Crippen molar-refractivity contribution in [2.75, 3.05) is 26.2 Å². The summed E-state index contributed by atoms with van der Waals surface area (Å²) in [5.74, 6) is 2.75. The highest BCUT2D eigenvalue weighted by Crippen LogP contribution is 2.24. The third-order valence-electron chi connectivity index (χ3n) is 5.50. The minimum atomic E-state index is 0.826. The Labute approximate surface area is 173 Å².